The Morgan fingerprint density at radius 3 is 1.59 bits per heavy atom. The molecule has 6 heteroatoms. The highest BCUT2D eigenvalue weighted by Gasteiger charge is 2.63. The van der Waals surface area contributed by atoms with E-state index in [2.05, 4.69) is 0 Å². The van der Waals surface area contributed by atoms with Gasteiger partial charge in [0, 0.05) is 17.4 Å². The summed E-state index contributed by atoms with van der Waals surface area (Å²) in [5.74, 6) is -3.74. The van der Waals surface area contributed by atoms with E-state index in [9.17, 15) is 19.2 Å². The molecule has 0 N–H and O–H groups in total. The van der Waals surface area contributed by atoms with Crippen molar-refractivity contribution in [1.29, 1.82) is 0 Å². The molecule has 0 saturated carbocycles. The predicted molar refractivity (Wildman–Crippen MR) is 136 cm³/mol. The van der Waals surface area contributed by atoms with Crippen LogP contribution in [0.25, 0.3) is 0 Å². The molecule has 2 bridgehead atoms. The fourth-order valence-corrected chi connectivity index (χ4v) is 6.58. The SMILES string of the molecule is CC(C)[C@H](C(=O)OCC(=O)c1ccccc1)N1C(=O)[C@H]2C3c4ccccc4C(c4ccccc43)[C@@H]2C1=O. The molecule has 37 heavy (non-hydrogen) atoms. The fourth-order valence-electron chi connectivity index (χ4n) is 6.58. The van der Waals surface area contributed by atoms with Crippen LogP contribution in [-0.4, -0.2) is 41.1 Å². The molecule has 6 nitrogen and oxygen atoms in total. The van der Waals surface area contributed by atoms with Gasteiger partial charge < -0.3 is 4.74 Å². The van der Waals surface area contributed by atoms with Crippen LogP contribution in [0.5, 0.6) is 0 Å². The molecule has 0 aromatic heterocycles. The van der Waals surface area contributed by atoms with E-state index in [0.29, 0.717) is 5.56 Å². The van der Waals surface area contributed by atoms with Crippen LogP contribution in [0.2, 0.25) is 0 Å². The molecule has 3 aliphatic carbocycles. The summed E-state index contributed by atoms with van der Waals surface area (Å²) in [7, 11) is 0. The normalized spacial score (nSPS) is 23.9. The lowest BCUT2D eigenvalue weighted by Gasteiger charge is -2.45. The Labute approximate surface area is 215 Å². The molecular weight excluding hydrogens is 466 g/mol. The highest BCUT2D eigenvalue weighted by Crippen LogP contribution is 2.61. The van der Waals surface area contributed by atoms with Crippen molar-refractivity contribution in [3.05, 3.63) is 107 Å². The van der Waals surface area contributed by atoms with E-state index in [-0.39, 0.29) is 35.4 Å². The van der Waals surface area contributed by atoms with Crippen molar-refractivity contribution in [2.75, 3.05) is 6.61 Å². The lowest BCUT2D eigenvalue weighted by atomic mass is 9.55. The second-order valence-corrected chi connectivity index (χ2v) is 10.4. The Morgan fingerprint density at radius 1 is 0.730 bits per heavy atom. The van der Waals surface area contributed by atoms with Gasteiger partial charge in [-0.3, -0.25) is 19.3 Å². The largest absolute Gasteiger partial charge is 0.456 e. The number of nitrogens with zero attached hydrogens (tertiary/aromatic N) is 1. The topological polar surface area (TPSA) is 80.8 Å². The minimum Gasteiger partial charge on any atom is -0.456 e. The molecule has 0 spiro atoms. The smallest absolute Gasteiger partial charge is 0.330 e. The van der Waals surface area contributed by atoms with E-state index in [0.717, 1.165) is 27.2 Å². The van der Waals surface area contributed by atoms with Crippen LogP contribution in [0, 0.1) is 17.8 Å². The number of amides is 2. The second kappa shape index (κ2) is 8.80. The van der Waals surface area contributed by atoms with Crippen LogP contribution in [0.15, 0.2) is 78.9 Å². The number of hydrogen-bond donors (Lipinski definition) is 0. The number of likely N-dealkylation sites (tertiary alicyclic amines) is 1. The first kappa shape index (κ1) is 23.3. The molecule has 0 radical (unpaired) electrons. The van der Waals surface area contributed by atoms with Gasteiger partial charge in [-0.1, -0.05) is 92.7 Å². The zero-order valence-corrected chi connectivity index (χ0v) is 20.7. The number of carbonyl (C=O) groups is 4. The van der Waals surface area contributed by atoms with Gasteiger partial charge in [0.15, 0.2) is 12.4 Å². The highest BCUT2D eigenvalue weighted by molar-refractivity contribution is 6.10. The molecule has 3 aromatic carbocycles. The number of ether oxygens (including phenoxy) is 1. The maximum Gasteiger partial charge on any atom is 0.330 e. The predicted octanol–water partition coefficient (Wildman–Crippen LogP) is 4.33. The quantitative estimate of drug-likeness (QED) is 0.290. The van der Waals surface area contributed by atoms with Gasteiger partial charge in [0.25, 0.3) is 0 Å². The van der Waals surface area contributed by atoms with E-state index in [1.807, 2.05) is 48.5 Å². The number of Topliss-reactive ketones (excluding diaryl/α,β-unsaturated/α-hetero) is 1. The van der Waals surface area contributed by atoms with Gasteiger partial charge in [-0.2, -0.15) is 0 Å². The third kappa shape index (κ3) is 3.46. The van der Waals surface area contributed by atoms with Crippen LogP contribution in [0.1, 0.15) is 58.3 Å². The Bertz CT molecular complexity index is 1310. The van der Waals surface area contributed by atoms with Gasteiger partial charge in [0.2, 0.25) is 11.8 Å². The summed E-state index contributed by atoms with van der Waals surface area (Å²) >= 11 is 0. The third-order valence-electron chi connectivity index (χ3n) is 8.07. The summed E-state index contributed by atoms with van der Waals surface area (Å²) in [6, 6.07) is 23.5. The molecule has 7 rings (SSSR count). The molecule has 186 valence electrons. The fraction of sp³-hybridized carbons (Fsp3) is 0.290. The molecular formula is C31H27NO5. The van der Waals surface area contributed by atoms with Gasteiger partial charge in [0.1, 0.15) is 6.04 Å². The monoisotopic (exact) mass is 493 g/mol. The molecule has 3 atom stereocenters. The number of ketones is 1. The van der Waals surface area contributed by atoms with E-state index < -0.39 is 30.5 Å². The molecule has 1 aliphatic heterocycles. The summed E-state index contributed by atoms with van der Waals surface area (Å²) in [6.45, 7) is 3.12. The average molecular weight is 494 g/mol. The Kier molecular flexibility index (Phi) is 5.55. The molecule has 1 saturated heterocycles. The van der Waals surface area contributed by atoms with Crippen LogP contribution >= 0.6 is 0 Å². The van der Waals surface area contributed by atoms with Gasteiger partial charge in [-0.05, 0) is 28.2 Å². The summed E-state index contributed by atoms with van der Waals surface area (Å²) in [5, 5.41) is 0. The Hall–Kier alpha value is -4.06. The number of rotatable bonds is 6. The third-order valence-corrected chi connectivity index (χ3v) is 8.07. The summed E-state index contributed by atoms with van der Waals surface area (Å²) < 4.78 is 5.40. The number of carbonyl (C=O) groups excluding carboxylic acids is 4. The minimum atomic E-state index is -1.10. The van der Waals surface area contributed by atoms with Crippen LogP contribution in [0.3, 0.4) is 0 Å². The van der Waals surface area contributed by atoms with Crippen molar-refractivity contribution in [2.24, 2.45) is 17.8 Å². The van der Waals surface area contributed by atoms with Crippen LogP contribution in [0.4, 0.5) is 0 Å². The van der Waals surface area contributed by atoms with Gasteiger partial charge in [0.05, 0.1) is 11.8 Å². The minimum absolute atomic E-state index is 0.243. The summed E-state index contributed by atoms with van der Waals surface area (Å²) in [6.07, 6.45) is 0. The van der Waals surface area contributed by atoms with Gasteiger partial charge in [-0.15, -0.1) is 0 Å². The van der Waals surface area contributed by atoms with Crippen molar-refractivity contribution < 1.29 is 23.9 Å². The average Bonchev–Trinajstić information content (AvgIpc) is 3.18. The first-order valence-electron chi connectivity index (χ1n) is 12.7. The van der Waals surface area contributed by atoms with E-state index >= 15 is 0 Å². The zero-order valence-electron chi connectivity index (χ0n) is 20.7. The number of benzene rings is 3. The van der Waals surface area contributed by atoms with E-state index in [4.69, 9.17) is 4.74 Å². The number of imide groups is 1. The highest BCUT2D eigenvalue weighted by atomic mass is 16.5. The maximum atomic E-state index is 14.0. The molecule has 1 fully saturated rings. The standard InChI is InChI=1S/C31H27NO5/c1-17(2)28(31(36)37-16-23(33)18-10-4-3-5-11-18)32-29(34)26-24-19-12-6-7-13-20(19)25(27(26)30(32)35)22-15-9-8-14-21(22)24/h3-15,17,24-28H,16H2,1-2H3/t24?,25?,26-,27-,28+/m0/s1. The van der Waals surface area contributed by atoms with E-state index in [1.54, 1.807) is 44.2 Å². The summed E-state index contributed by atoms with van der Waals surface area (Å²) in [5.41, 5.74) is 4.74. The first-order valence-corrected chi connectivity index (χ1v) is 12.7. The van der Waals surface area contributed by atoms with Crippen molar-refractivity contribution in [2.45, 2.75) is 31.7 Å². The molecule has 2 amide bonds. The Balaban J connectivity index is 1.33. The first-order chi connectivity index (χ1) is 17.9. The van der Waals surface area contributed by atoms with Gasteiger partial charge >= 0.3 is 5.97 Å². The van der Waals surface area contributed by atoms with Crippen LogP contribution in [-0.2, 0) is 19.1 Å². The maximum absolute atomic E-state index is 14.0. The molecule has 1 heterocycles. The van der Waals surface area contributed by atoms with Crippen molar-refractivity contribution in [1.82, 2.24) is 4.90 Å². The lowest BCUT2D eigenvalue weighted by Crippen LogP contribution is -2.49. The molecule has 3 aromatic rings. The number of hydrogen-bond acceptors (Lipinski definition) is 5. The second-order valence-electron chi connectivity index (χ2n) is 10.4. The Morgan fingerprint density at radius 2 is 1.16 bits per heavy atom. The zero-order chi connectivity index (χ0) is 25.8. The molecule has 0 unspecified atom stereocenters. The lowest BCUT2D eigenvalue weighted by molar-refractivity contribution is -0.160. The number of esters is 1. The van der Waals surface area contributed by atoms with Crippen molar-refractivity contribution >= 4 is 23.6 Å². The van der Waals surface area contributed by atoms with Crippen molar-refractivity contribution in [3.63, 3.8) is 0 Å². The summed E-state index contributed by atoms with van der Waals surface area (Å²) in [4.78, 5) is 55.0. The van der Waals surface area contributed by atoms with Crippen LogP contribution < -0.4 is 0 Å². The van der Waals surface area contributed by atoms with E-state index in [1.165, 1.54) is 0 Å². The van der Waals surface area contributed by atoms with Crippen molar-refractivity contribution in [3.8, 4) is 0 Å². The van der Waals surface area contributed by atoms with Gasteiger partial charge in [-0.25, -0.2) is 4.79 Å². The molecule has 4 aliphatic rings.